The highest BCUT2D eigenvalue weighted by atomic mass is 16.5. The van der Waals surface area contributed by atoms with Crippen LogP contribution in [-0.2, 0) is 19.1 Å². The standard InChI is InChI=1S/C17H20N2O6/c1-11(15(21)18-8-10-24-2)25-14(20)7-9-19-16(22)12-5-3-4-6-13(12)17(19)23/h3-6,11H,7-10H2,1-2H3,(H,18,21)/t11-/m0/s1. The van der Waals surface area contributed by atoms with Crippen molar-refractivity contribution in [1.82, 2.24) is 10.2 Å². The summed E-state index contributed by atoms with van der Waals surface area (Å²) in [5.74, 6) is -1.96. The van der Waals surface area contributed by atoms with Gasteiger partial charge in [-0.25, -0.2) is 0 Å². The molecular formula is C17H20N2O6. The second-order valence-electron chi connectivity index (χ2n) is 5.47. The lowest BCUT2D eigenvalue weighted by Gasteiger charge is -2.16. The summed E-state index contributed by atoms with van der Waals surface area (Å²) in [6.07, 6.45) is -1.15. The van der Waals surface area contributed by atoms with Crippen LogP contribution < -0.4 is 5.32 Å². The van der Waals surface area contributed by atoms with Crippen molar-refractivity contribution >= 4 is 23.7 Å². The molecule has 1 aromatic carbocycles. The van der Waals surface area contributed by atoms with Crippen molar-refractivity contribution in [3.05, 3.63) is 35.4 Å². The number of rotatable bonds is 8. The number of carbonyl (C=O) groups is 4. The molecule has 0 aromatic heterocycles. The van der Waals surface area contributed by atoms with E-state index in [1.807, 2.05) is 0 Å². The number of amides is 3. The van der Waals surface area contributed by atoms with E-state index in [4.69, 9.17) is 9.47 Å². The highest BCUT2D eigenvalue weighted by Crippen LogP contribution is 2.22. The van der Waals surface area contributed by atoms with Crippen molar-refractivity contribution in [1.29, 1.82) is 0 Å². The van der Waals surface area contributed by atoms with Gasteiger partial charge in [-0.3, -0.25) is 24.1 Å². The van der Waals surface area contributed by atoms with Gasteiger partial charge in [0.2, 0.25) is 0 Å². The van der Waals surface area contributed by atoms with Crippen LogP contribution in [-0.4, -0.2) is 61.5 Å². The van der Waals surface area contributed by atoms with Crippen molar-refractivity contribution in [2.24, 2.45) is 0 Å². The number of imide groups is 1. The average Bonchev–Trinajstić information content (AvgIpc) is 2.84. The predicted octanol–water partition coefficient (Wildman–Crippen LogP) is 0.367. The summed E-state index contributed by atoms with van der Waals surface area (Å²) in [7, 11) is 1.51. The van der Waals surface area contributed by atoms with E-state index in [9.17, 15) is 19.2 Å². The maximum atomic E-state index is 12.2. The number of hydrogen-bond donors (Lipinski definition) is 1. The molecule has 2 rings (SSSR count). The lowest BCUT2D eigenvalue weighted by atomic mass is 10.1. The Labute approximate surface area is 145 Å². The topological polar surface area (TPSA) is 102 Å². The molecule has 1 aliphatic heterocycles. The summed E-state index contributed by atoms with van der Waals surface area (Å²) in [5.41, 5.74) is 0.651. The van der Waals surface area contributed by atoms with Crippen LogP contribution in [0.4, 0.5) is 0 Å². The molecule has 1 aromatic rings. The molecule has 0 saturated carbocycles. The number of benzene rings is 1. The number of nitrogens with zero attached hydrogens (tertiary/aromatic N) is 1. The molecule has 0 fully saturated rings. The normalized spacial score (nSPS) is 14.2. The second-order valence-corrected chi connectivity index (χ2v) is 5.47. The summed E-state index contributed by atoms with van der Waals surface area (Å²) < 4.78 is 9.81. The van der Waals surface area contributed by atoms with Gasteiger partial charge in [0, 0.05) is 20.2 Å². The lowest BCUT2D eigenvalue weighted by molar-refractivity contribution is -0.154. The fraction of sp³-hybridized carbons (Fsp3) is 0.412. The SMILES string of the molecule is COCCNC(=O)[C@H](C)OC(=O)CCN1C(=O)c2ccccc2C1=O. The number of methoxy groups -OCH3 is 1. The number of carbonyl (C=O) groups excluding carboxylic acids is 4. The summed E-state index contributed by atoms with van der Waals surface area (Å²) >= 11 is 0. The predicted molar refractivity (Wildman–Crippen MR) is 86.9 cm³/mol. The zero-order valence-electron chi connectivity index (χ0n) is 14.1. The van der Waals surface area contributed by atoms with Gasteiger partial charge in [-0.05, 0) is 19.1 Å². The minimum Gasteiger partial charge on any atom is -0.452 e. The zero-order chi connectivity index (χ0) is 18.4. The van der Waals surface area contributed by atoms with Crippen LogP contribution in [0.3, 0.4) is 0 Å². The zero-order valence-corrected chi connectivity index (χ0v) is 14.1. The van der Waals surface area contributed by atoms with Gasteiger partial charge in [0.15, 0.2) is 6.10 Å². The van der Waals surface area contributed by atoms with Gasteiger partial charge in [0.25, 0.3) is 17.7 Å². The Kier molecular flexibility index (Phi) is 6.24. The summed E-state index contributed by atoms with van der Waals surface area (Å²) in [5, 5.41) is 2.55. The molecule has 3 amide bonds. The van der Waals surface area contributed by atoms with Crippen LogP contribution in [0.5, 0.6) is 0 Å². The lowest BCUT2D eigenvalue weighted by Crippen LogP contribution is -2.38. The van der Waals surface area contributed by atoms with Gasteiger partial charge >= 0.3 is 5.97 Å². The Morgan fingerprint density at radius 3 is 2.32 bits per heavy atom. The first-order valence-electron chi connectivity index (χ1n) is 7.87. The van der Waals surface area contributed by atoms with E-state index in [1.54, 1.807) is 24.3 Å². The number of ether oxygens (including phenoxy) is 2. The third kappa shape index (κ3) is 4.42. The van der Waals surface area contributed by atoms with Crippen molar-refractivity contribution in [2.45, 2.75) is 19.4 Å². The van der Waals surface area contributed by atoms with Crippen LogP contribution in [0.15, 0.2) is 24.3 Å². The van der Waals surface area contributed by atoms with Gasteiger partial charge in [0.05, 0.1) is 24.2 Å². The summed E-state index contributed by atoms with van der Waals surface area (Å²) in [4.78, 5) is 48.9. The molecule has 1 aliphatic rings. The van der Waals surface area contributed by atoms with E-state index >= 15 is 0 Å². The number of esters is 1. The van der Waals surface area contributed by atoms with E-state index in [-0.39, 0.29) is 13.0 Å². The number of hydrogen-bond acceptors (Lipinski definition) is 6. The highest BCUT2D eigenvalue weighted by molar-refractivity contribution is 6.21. The summed E-state index contributed by atoms with van der Waals surface area (Å²) in [6.45, 7) is 2.02. The fourth-order valence-electron chi connectivity index (χ4n) is 2.37. The van der Waals surface area contributed by atoms with E-state index in [0.717, 1.165) is 4.90 Å². The molecule has 1 atom stereocenters. The van der Waals surface area contributed by atoms with Crippen LogP contribution in [0.25, 0.3) is 0 Å². The fourth-order valence-corrected chi connectivity index (χ4v) is 2.37. The molecule has 0 radical (unpaired) electrons. The first kappa shape index (κ1) is 18.6. The van der Waals surface area contributed by atoms with E-state index < -0.39 is 29.8 Å². The average molecular weight is 348 g/mol. The van der Waals surface area contributed by atoms with Gasteiger partial charge in [-0.15, -0.1) is 0 Å². The van der Waals surface area contributed by atoms with E-state index in [1.165, 1.54) is 14.0 Å². The Morgan fingerprint density at radius 2 is 1.76 bits per heavy atom. The van der Waals surface area contributed by atoms with Crippen molar-refractivity contribution in [3.8, 4) is 0 Å². The molecule has 0 bridgehead atoms. The smallest absolute Gasteiger partial charge is 0.308 e. The molecule has 1 N–H and O–H groups in total. The van der Waals surface area contributed by atoms with Crippen LogP contribution in [0.2, 0.25) is 0 Å². The van der Waals surface area contributed by atoms with Gasteiger partial charge in [-0.2, -0.15) is 0 Å². The first-order valence-corrected chi connectivity index (χ1v) is 7.87. The molecule has 0 saturated heterocycles. The Morgan fingerprint density at radius 1 is 1.16 bits per heavy atom. The van der Waals surface area contributed by atoms with Crippen LogP contribution in [0, 0.1) is 0 Å². The Balaban J connectivity index is 1.82. The third-order valence-electron chi connectivity index (χ3n) is 3.70. The van der Waals surface area contributed by atoms with Crippen LogP contribution >= 0.6 is 0 Å². The molecule has 25 heavy (non-hydrogen) atoms. The minimum absolute atomic E-state index is 0.0941. The van der Waals surface area contributed by atoms with Crippen molar-refractivity contribution < 1.29 is 28.7 Å². The number of nitrogens with one attached hydrogen (secondary N) is 1. The summed E-state index contributed by atoms with van der Waals surface area (Å²) in [6, 6.07) is 6.48. The van der Waals surface area contributed by atoms with Gasteiger partial charge in [-0.1, -0.05) is 12.1 Å². The molecular weight excluding hydrogens is 328 g/mol. The monoisotopic (exact) mass is 348 g/mol. The van der Waals surface area contributed by atoms with Crippen molar-refractivity contribution in [2.75, 3.05) is 26.8 Å². The molecule has 134 valence electrons. The highest BCUT2D eigenvalue weighted by Gasteiger charge is 2.35. The molecule has 0 aliphatic carbocycles. The van der Waals surface area contributed by atoms with Crippen LogP contribution in [0.1, 0.15) is 34.1 Å². The Hall–Kier alpha value is -2.74. The molecule has 0 unspecified atom stereocenters. The maximum Gasteiger partial charge on any atom is 0.308 e. The second kappa shape index (κ2) is 8.39. The molecule has 1 heterocycles. The quantitative estimate of drug-likeness (QED) is 0.414. The molecule has 0 spiro atoms. The molecule has 8 nitrogen and oxygen atoms in total. The largest absolute Gasteiger partial charge is 0.452 e. The van der Waals surface area contributed by atoms with Gasteiger partial charge in [0.1, 0.15) is 0 Å². The third-order valence-corrected chi connectivity index (χ3v) is 3.70. The van der Waals surface area contributed by atoms with E-state index in [0.29, 0.717) is 24.3 Å². The van der Waals surface area contributed by atoms with Crippen molar-refractivity contribution in [3.63, 3.8) is 0 Å². The number of fused-ring (bicyclic) bond motifs is 1. The van der Waals surface area contributed by atoms with Gasteiger partial charge < -0.3 is 14.8 Å². The molecule has 8 heteroatoms. The maximum absolute atomic E-state index is 12.2. The Bertz CT molecular complexity index is 652. The minimum atomic E-state index is -0.966. The van der Waals surface area contributed by atoms with E-state index in [2.05, 4.69) is 5.32 Å². The first-order chi connectivity index (χ1) is 12.0.